The Balaban J connectivity index is 1.98. The number of rotatable bonds is 6. The van der Waals surface area contributed by atoms with E-state index in [1.807, 2.05) is 6.26 Å². The van der Waals surface area contributed by atoms with Crippen molar-refractivity contribution in [1.29, 1.82) is 0 Å². The topological polar surface area (TPSA) is 93.2 Å². The Bertz CT molecular complexity index is 555. The van der Waals surface area contributed by atoms with Gasteiger partial charge in [0.2, 0.25) is 5.89 Å². The Morgan fingerprint density at radius 1 is 1.46 bits per heavy atom. The number of carbonyl (C=O) groups excluding carboxylic acids is 1. The summed E-state index contributed by atoms with van der Waals surface area (Å²) in [5.41, 5.74) is 6.31. The Labute approximate surface area is 148 Å². The van der Waals surface area contributed by atoms with Crippen LogP contribution in [0, 0.1) is 0 Å². The predicted octanol–water partition coefficient (Wildman–Crippen LogP) is 2.47. The number of nitrogens with one attached hydrogen (secondary N) is 2. The monoisotopic (exact) mass is 354 g/mol. The lowest BCUT2D eigenvalue weighted by molar-refractivity contribution is 0.0868. The fraction of sp³-hybridized carbons (Fsp3) is 0.765. The van der Waals surface area contributed by atoms with Crippen molar-refractivity contribution in [3.05, 3.63) is 17.8 Å². The summed E-state index contributed by atoms with van der Waals surface area (Å²) in [5.74, 6) is 1.17. The van der Waals surface area contributed by atoms with Gasteiger partial charge in [-0.15, -0.1) is 0 Å². The number of carbonyl (C=O) groups is 1. The smallest absolute Gasteiger partial charge is 0.273 e. The molecule has 0 radical (unpaired) electrons. The Hall–Kier alpha value is -1.05. The zero-order valence-corrected chi connectivity index (χ0v) is 16.1. The molecule has 1 aliphatic rings. The van der Waals surface area contributed by atoms with E-state index in [1.54, 1.807) is 11.8 Å². The second-order valence-electron chi connectivity index (χ2n) is 7.93. The van der Waals surface area contributed by atoms with Gasteiger partial charge in [0, 0.05) is 17.1 Å². The van der Waals surface area contributed by atoms with Gasteiger partial charge in [-0.2, -0.15) is 11.8 Å². The number of thioether (sulfide) groups is 1. The molecule has 4 N–H and O–H groups in total. The fourth-order valence-electron chi connectivity index (χ4n) is 3.61. The molecule has 1 aromatic heterocycles. The van der Waals surface area contributed by atoms with Crippen LogP contribution in [0.3, 0.4) is 0 Å². The summed E-state index contributed by atoms with van der Waals surface area (Å²) in [7, 11) is 0. The number of hydrogen-bond donors (Lipinski definition) is 3. The highest BCUT2D eigenvalue weighted by Gasteiger charge is 2.38. The molecule has 7 heteroatoms. The molecule has 0 spiro atoms. The maximum atomic E-state index is 12.5. The molecule has 1 atom stereocenters. The maximum absolute atomic E-state index is 12.5. The van der Waals surface area contributed by atoms with Gasteiger partial charge in [0.15, 0.2) is 5.69 Å². The van der Waals surface area contributed by atoms with Crippen molar-refractivity contribution < 1.29 is 9.21 Å². The summed E-state index contributed by atoms with van der Waals surface area (Å²) >= 11 is 1.73. The summed E-state index contributed by atoms with van der Waals surface area (Å²) in [6.07, 6.45) is 5.96. The van der Waals surface area contributed by atoms with Gasteiger partial charge in [0.25, 0.3) is 5.91 Å². The second-order valence-corrected chi connectivity index (χ2v) is 8.92. The van der Waals surface area contributed by atoms with Crippen LogP contribution in [0.1, 0.15) is 69.4 Å². The second kappa shape index (κ2) is 7.45. The summed E-state index contributed by atoms with van der Waals surface area (Å²) in [4.78, 5) is 16.8. The molecule has 2 rings (SSSR count). The SMILES string of the molecule is CSCCC(N)c1nc(C(=O)NC2CC(C)(C)NC(C)(C)C2)co1. The van der Waals surface area contributed by atoms with E-state index in [4.69, 9.17) is 10.2 Å². The third-order valence-corrected chi connectivity index (χ3v) is 4.87. The molecule has 1 unspecified atom stereocenters. The molecule has 1 saturated heterocycles. The van der Waals surface area contributed by atoms with Crippen molar-refractivity contribution in [1.82, 2.24) is 15.6 Å². The predicted molar refractivity (Wildman–Crippen MR) is 98.2 cm³/mol. The van der Waals surface area contributed by atoms with E-state index >= 15 is 0 Å². The van der Waals surface area contributed by atoms with E-state index in [0.717, 1.165) is 25.0 Å². The van der Waals surface area contributed by atoms with Gasteiger partial charge in [0.05, 0.1) is 6.04 Å². The molecule has 6 nitrogen and oxygen atoms in total. The van der Waals surface area contributed by atoms with E-state index in [-0.39, 0.29) is 29.1 Å². The summed E-state index contributed by atoms with van der Waals surface area (Å²) in [6.45, 7) is 8.64. The summed E-state index contributed by atoms with van der Waals surface area (Å²) < 4.78 is 5.40. The lowest BCUT2D eigenvalue weighted by atomic mass is 9.79. The third kappa shape index (κ3) is 5.22. The maximum Gasteiger partial charge on any atom is 0.273 e. The number of oxazole rings is 1. The van der Waals surface area contributed by atoms with Crippen LogP contribution in [-0.2, 0) is 0 Å². The number of nitrogens with zero attached hydrogens (tertiary/aromatic N) is 1. The average molecular weight is 355 g/mol. The molecule has 24 heavy (non-hydrogen) atoms. The van der Waals surface area contributed by atoms with Gasteiger partial charge in [-0.1, -0.05) is 0 Å². The first-order chi connectivity index (χ1) is 11.1. The van der Waals surface area contributed by atoms with Crippen molar-refractivity contribution >= 4 is 17.7 Å². The van der Waals surface area contributed by atoms with E-state index in [1.165, 1.54) is 6.26 Å². The van der Waals surface area contributed by atoms with Crippen molar-refractivity contribution in [2.75, 3.05) is 12.0 Å². The van der Waals surface area contributed by atoms with Crippen molar-refractivity contribution in [2.24, 2.45) is 5.73 Å². The first kappa shape index (κ1) is 19.3. The zero-order chi connectivity index (χ0) is 18.0. The Morgan fingerprint density at radius 2 is 2.08 bits per heavy atom. The average Bonchev–Trinajstić information content (AvgIpc) is 2.91. The molecule has 1 amide bonds. The van der Waals surface area contributed by atoms with Gasteiger partial charge in [-0.3, -0.25) is 4.79 Å². The van der Waals surface area contributed by atoms with Crippen LogP contribution in [-0.4, -0.2) is 40.0 Å². The van der Waals surface area contributed by atoms with Gasteiger partial charge < -0.3 is 20.8 Å². The molecule has 0 saturated carbocycles. The van der Waals surface area contributed by atoms with Crippen LogP contribution in [0.4, 0.5) is 0 Å². The van der Waals surface area contributed by atoms with Crippen molar-refractivity contribution in [3.8, 4) is 0 Å². The van der Waals surface area contributed by atoms with Gasteiger partial charge in [-0.05, 0) is 59.0 Å². The number of hydrogen-bond acceptors (Lipinski definition) is 6. The molecule has 2 heterocycles. The zero-order valence-electron chi connectivity index (χ0n) is 15.3. The first-order valence-corrected chi connectivity index (χ1v) is 9.81. The third-order valence-electron chi connectivity index (χ3n) is 4.23. The molecule has 0 bridgehead atoms. The summed E-state index contributed by atoms with van der Waals surface area (Å²) in [5, 5.41) is 6.71. The van der Waals surface area contributed by atoms with Gasteiger partial charge in [0.1, 0.15) is 6.26 Å². The van der Waals surface area contributed by atoms with Crippen LogP contribution >= 0.6 is 11.8 Å². The highest BCUT2D eigenvalue weighted by molar-refractivity contribution is 7.98. The molecule has 1 fully saturated rings. The number of amides is 1. The van der Waals surface area contributed by atoms with E-state index < -0.39 is 0 Å². The minimum Gasteiger partial charge on any atom is -0.446 e. The van der Waals surface area contributed by atoms with E-state index in [9.17, 15) is 4.79 Å². The van der Waals surface area contributed by atoms with Gasteiger partial charge in [-0.25, -0.2) is 4.98 Å². The standard InChI is InChI=1S/C17H30N4O2S/c1-16(2)8-11(9-17(3,4)21-16)19-14(22)13-10-23-15(20-13)12(18)6-7-24-5/h10-12,21H,6-9,18H2,1-5H3,(H,19,22). The van der Waals surface area contributed by atoms with Crippen LogP contribution in [0.5, 0.6) is 0 Å². The van der Waals surface area contributed by atoms with Crippen molar-refractivity contribution in [3.63, 3.8) is 0 Å². The number of piperidine rings is 1. The molecule has 0 aliphatic carbocycles. The molecular formula is C17H30N4O2S. The van der Waals surface area contributed by atoms with Gasteiger partial charge >= 0.3 is 0 Å². The van der Waals surface area contributed by atoms with Crippen molar-refractivity contribution in [2.45, 2.75) is 70.1 Å². The van der Waals surface area contributed by atoms with Crippen LogP contribution in [0.2, 0.25) is 0 Å². The quantitative estimate of drug-likeness (QED) is 0.727. The normalized spacial score (nSPS) is 21.4. The Kier molecular flexibility index (Phi) is 5.99. The summed E-state index contributed by atoms with van der Waals surface area (Å²) in [6, 6.07) is -0.162. The Morgan fingerprint density at radius 3 is 2.67 bits per heavy atom. The fourth-order valence-corrected chi connectivity index (χ4v) is 4.10. The molecular weight excluding hydrogens is 324 g/mol. The minimum atomic E-state index is -0.268. The molecule has 0 aromatic carbocycles. The largest absolute Gasteiger partial charge is 0.446 e. The minimum absolute atomic E-state index is 0.0190. The molecule has 1 aromatic rings. The van der Waals surface area contributed by atoms with Crippen LogP contribution in [0.25, 0.3) is 0 Å². The highest BCUT2D eigenvalue weighted by Crippen LogP contribution is 2.28. The lowest BCUT2D eigenvalue weighted by Gasteiger charge is -2.46. The van der Waals surface area contributed by atoms with Crippen LogP contribution < -0.4 is 16.4 Å². The molecule has 136 valence electrons. The first-order valence-electron chi connectivity index (χ1n) is 8.42. The number of nitrogens with two attached hydrogens (primary N) is 1. The lowest BCUT2D eigenvalue weighted by Crippen LogP contribution is -2.62. The van der Waals surface area contributed by atoms with Crippen LogP contribution in [0.15, 0.2) is 10.7 Å². The highest BCUT2D eigenvalue weighted by atomic mass is 32.2. The number of aromatic nitrogens is 1. The molecule has 1 aliphatic heterocycles. The van der Waals surface area contributed by atoms with E-state index in [2.05, 4.69) is 43.3 Å². The van der Waals surface area contributed by atoms with E-state index in [0.29, 0.717) is 11.6 Å².